The van der Waals surface area contributed by atoms with Crippen LogP contribution in [0.25, 0.3) is 0 Å². The fraction of sp³-hybridized carbons (Fsp3) is 0.0500. The number of amides is 1. The van der Waals surface area contributed by atoms with Gasteiger partial charge in [0.25, 0.3) is 10.0 Å². The van der Waals surface area contributed by atoms with E-state index in [1.807, 2.05) is 0 Å². The first-order valence-corrected chi connectivity index (χ1v) is 10.1. The van der Waals surface area contributed by atoms with E-state index in [9.17, 15) is 17.6 Å². The van der Waals surface area contributed by atoms with E-state index in [4.69, 9.17) is 11.6 Å². The van der Waals surface area contributed by atoms with E-state index >= 15 is 0 Å². The van der Waals surface area contributed by atoms with E-state index in [1.54, 1.807) is 42.5 Å². The first kappa shape index (κ1) is 19.9. The maximum atomic E-state index is 14.4. The van der Waals surface area contributed by atoms with Crippen LogP contribution in [0.4, 0.5) is 15.8 Å². The van der Waals surface area contributed by atoms with Crippen LogP contribution >= 0.6 is 11.6 Å². The number of para-hydroxylation sites is 1. The van der Waals surface area contributed by atoms with Crippen LogP contribution < -0.4 is 9.62 Å². The Bertz CT molecular complexity index is 1070. The van der Waals surface area contributed by atoms with Crippen LogP contribution in [-0.2, 0) is 14.8 Å². The molecule has 1 N–H and O–H groups in total. The molecule has 1 amide bonds. The van der Waals surface area contributed by atoms with Gasteiger partial charge in [0.15, 0.2) is 0 Å². The number of benzene rings is 3. The minimum absolute atomic E-state index is 0.0439. The van der Waals surface area contributed by atoms with Gasteiger partial charge in [-0.2, -0.15) is 0 Å². The average molecular weight is 419 g/mol. The molecule has 5 nitrogen and oxygen atoms in total. The number of nitrogens with one attached hydrogen (secondary N) is 1. The highest BCUT2D eigenvalue weighted by Gasteiger charge is 2.29. The lowest BCUT2D eigenvalue weighted by Crippen LogP contribution is -2.38. The summed E-state index contributed by atoms with van der Waals surface area (Å²) in [7, 11) is -4.16. The number of carbonyl (C=O) groups is 1. The Hall–Kier alpha value is -2.90. The normalized spacial score (nSPS) is 11.1. The topological polar surface area (TPSA) is 66.5 Å². The van der Waals surface area contributed by atoms with Crippen LogP contribution in [0.3, 0.4) is 0 Å². The van der Waals surface area contributed by atoms with Gasteiger partial charge < -0.3 is 5.32 Å². The lowest BCUT2D eigenvalue weighted by Gasteiger charge is -2.24. The SMILES string of the molecule is O=C(CN(c1ccccc1F)S(=O)(=O)c1ccccc1)Nc1ccc(Cl)cc1. The number of sulfonamides is 1. The summed E-state index contributed by atoms with van der Waals surface area (Å²) in [6.07, 6.45) is 0. The smallest absolute Gasteiger partial charge is 0.264 e. The Balaban J connectivity index is 1.94. The Morgan fingerprint density at radius 3 is 2.18 bits per heavy atom. The van der Waals surface area contributed by atoms with Crippen molar-refractivity contribution in [3.05, 3.63) is 89.7 Å². The van der Waals surface area contributed by atoms with Gasteiger partial charge in [-0.05, 0) is 48.5 Å². The molecule has 3 aromatic carbocycles. The minimum Gasteiger partial charge on any atom is -0.325 e. The van der Waals surface area contributed by atoms with Gasteiger partial charge in [0.1, 0.15) is 12.4 Å². The molecule has 144 valence electrons. The van der Waals surface area contributed by atoms with Crippen molar-refractivity contribution in [2.45, 2.75) is 4.90 Å². The van der Waals surface area contributed by atoms with Crippen LogP contribution in [0.2, 0.25) is 5.02 Å². The summed E-state index contributed by atoms with van der Waals surface area (Å²) in [5, 5.41) is 3.08. The van der Waals surface area contributed by atoms with Crippen molar-refractivity contribution in [1.29, 1.82) is 0 Å². The molecule has 0 aliphatic carbocycles. The molecule has 0 fully saturated rings. The molecule has 3 aromatic rings. The Morgan fingerprint density at radius 1 is 0.929 bits per heavy atom. The highest BCUT2D eigenvalue weighted by molar-refractivity contribution is 7.92. The highest BCUT2D eigenvalue weighted by Crippen LogP contribution is 2.26. The fourth-order valence-corrected chi connectivity index (χ4v) is 4.11. The molecule has 3 rings (SSSR count). The van der Waals surface area contributed by atoms with E-state index < -0.39 is 28.3 Å². The van der Waals surface area contributed by atoms with E-state index in [2.05, 4.69) is 5.32 Å². The molecule has 0 aromatic heterocycles. The monoisotopic (exact) mass is 418 g/mol. The van der Waals surface area contributed by atoms with Crippen LogP contribution in [0, 0.1) is 5.82 Å². The highest BCUT2D eigenvalue weighted by atomic mass is 35.5. The lowest BCUT2D eigenvalue weighted by atomic mass is 10.3. The lowest BCUT2D eigenvalue weighted by molar-refractivity contribution is -0.114. The maximum absolute atomic E-state index is 14.4. The summed E-state index contributed by atoms with van der Waals surface area (Å²) in [5.41, 5.74) is 0.234. The molecule has 8 heteroatoms. The average Bonchev–Trinajstić information content (AvgIpc) is 2.69. The third-order valence-electron chi connectivity index (χ3n) is 3.87. The summed E-state index contributed by atoms with van der Waals surface area (Å²) in [5.74, 6) is -1.37. The minimum atomic E-state index is -4.16. The van der Waals surface area contributed by atoms with Crippen molar-refractivity contribution in [1.82, 2.24) is 0 Å². The molecular weight excluding hydrogens is 403 g/mol. The third kappa shape index (κ3) is 4.49. The van der Waals surface area contributed by atoms with Gasteiger partial charge in [0, 0.05) is 10.7 Å². The number of halogens is 2. The molecule has 0 aliphatic rings. The van der Waals surface area contributed by atoms with Crippen molar-refractivity contribution in [3.8, 4) is 0 Å². The van der Waals surface area contributed by atoms with Crippen molar-refractivity contribution in [2.75, 3.05) is 16.2 Å². The predicted octanol–water partition coefficient (Wildman–Crippen LogP) is 4.31. The molecule has 0 bridgehead atoms. The van der Waals surface area contributed by atoms with Crippen LogP contribution in [-0.4, -0.2) is 20.9 Å². The van der Waals surface area contributed by atoms with Gasteiger partial charge in [-0.3, -0.25) is 9.10 Å². The summed E-state index contributed by atoms with van der Waals surface area (Å²) < 4.78 is 41.3. The van der Waals surface area contributed by atoms with Crippen LogP contribution in [0.5, 0.6) is 0 Å². The number of anilines is 2. The fourth-order valence-electron chi connectivity index (χ4n) is 2.54. The van der Waals surface area contributed by atoms with Crippen molar-refractivity contribution in [2.24, 2.45) is 0 Å². The molecular formula is C20H16ClFN2O3S. The van der Waals surface area contributed by atoms with Crippen molar-refractivity contribution < 1.29 is 17.6 Å². The number of rotatable bonds is 6. The number of nitrogens with zero attached hydrogens (tertiary/aromatic N) is 1. The molecule has 0 spiro atoms. The molecule has 28 heavy (non-hydrogen) atoms. The van der Waals surface area contributed by atoms with Gasteiger partial charge in [0.2, 0.25) is 5.91 Å². The van der Waals surface area contributed by atoms with Crippen LogP contribution in [0.15, 0.2) is 83.8 Å². The molecule has 0 aliphatic heterocycles. The second-order valence-electron chi connectivity index (χ2n) is 5.83. The van der Waals surface area contributed by atoms with Gasteiger partial charge in [-0.15, -0.1) is 0 Å². The summed E-state index contributed by atoms with van der Waals surface area (Å²) in [4.78, 5) is 12.5. The standard InChI is InChI=1S/C20H16ClFN2O3S/c21-15-10-12-16(13-11-15)23-20(25)14-24(19-9-5-4-8-18(19)22)28(26,27)17-6-2-1-3-7-17/h1-13H,14H2,(H,23,25). The zero-order valence-corrected chi connectivity index (χ0v) is 16.1. The first-order chi connectivity index (χ1) is 13.4. The second-order valence-corrected chi connectivity index (χ2v) is 8.13. The zero-order valence-electron chi connectivity index (χ0n) is 14.5. The Labute approximate surface area is 167 Å². The summed E-state index contributed by atoms with van der Waals surface area (Å²) in [6.45, 7) is -0.596. The van der Waals surface area contributed by atoms with E-state index in [-0.39, 0.29) is 10.6 Å². The van der Waals surface area contributed by atoms with Gasteiger partial charge in [-0.1, -0.05) is 41.9 Å². The van der Waals surface area contributed by atoms with Crippen molar-refractivity contribution >= 4 is 38.9 Å². The van der Waals surface area contributed by atoms with E-state index in [1.165, 1.54) is 30.3 Å². The molecule has 0 unspecified atom stereocenters. The van der Waals surface area contributed by atoms with Crippen molar-refractivity contribution in [3.63, 3.8) is 0 Å². The first-order valence-electron chi connectivity index (χ1n) is 8.25. The largest absolute Gasteiger partial charge is 0.325 e. The quantitative estimate of drug-likeness (QED) is 0.648. The van der Waals surface area contributed by atoms with E-state index in [0.29, 0.717) is 10.7 Å². The maximum Gasteiger partial charge on any atom is 0.264 e. The Kier molecular flexibility index (Phi) is 5.96. The van der Waals surface area contributed by atoms with Crippen LogP contribution in [0.1, 0.15) is 0 Å². The second kappa shape index (κ2) is 8.41. The predicted molar refractivity (Wildman–Crippen MR) is 107 cm³/mol. The number of carbonyl (C=O) groups excluding carboxylic acids is 1. The summed E-state index contributed by atoms with van der Waals surface area (Å²) in [6, 6.07) is 19.3. The third-order valence-corrected chi connectivity index (χ3v) is 5.89. The number of hydrogen-bond donors (Lipinski definition) is 1. The summed E-state index contributed by atoms with van der Waals surface area (Å²) >= 11 is 5.82. The van der Waals surface area contributed by atoms with Gasteiger partial charge >= 0.3 is 0 Å². The van der Waals surface area contributed by atoms with Gasteiger partial charge in [-0.25, -0.2) is 12.8 Å². The molecule has 0 heterocycles. The molecule has 0 saturated carbocycles. The van der Waals surface area contributed by atoms with Gasteiger partial charge in [0.05, 0.1) is 10.6 Å². The Morgan fingerprint density at radius 2 is 1.54 bits per heavy atom. The zero-order chi connectivity index (χ0) is 20.1. The van der Waals surface area contributed by atoms with E-state index in [0.717, 1.165) is 10.4 Å². The molecule has 0 radical (unpaired) electrons. The molecule has 0 saturated heterocycles. The number of hydrogen-bond acceptors (Lipinski definition) is 3. The molecule has 0 atom stereocenters.